The second kappa shape index (κ2) is 6.54. The maximum Gasteiger partial charge on any atom is 0.119 e. The second-order valence-electron chi connectivity index (χ2n) is 5.52. The Bertz CT molecular complexity index is 609. The summed E-state index contributed by atoms with van der Waals surface area (Å²) in [5.74, 6) is 2.09. The summed E-state index contributed by atoms with van der Waals surface area (Å²) in [6.07, 6.45) is 0. The van der Waals surface area contributed by atoms with E-state index < -0.39 is 0 Å². The summed E-state index contributed by atoms with van der Waals surface area (Å²) < 4.78 is 5.36. The van der Waals surface area contributed by atoms with Gasteiger partial charge in [-0.2, -0.15) is 0 Å². The molecule has 1 heterocycles. The highest BCUT2D eigenvalue weighted by Gasteiger charge is 2.15. The Morgan fingerprint density at radius 1 is 1.14 bits per heavy atom. The SMILES string of the molecule is COc1ccc2c(c1)CN(Cc1ccc(C)cc1)CCS2. The molecule has 1 aliphatic heterocycles. The van der Waals surface area contributed by atoms with Crippen molar-refractivity contribution in [2.75, 3.05) is 19.4 Å². The standard InChI is InChI=1S/C18H21NOS/c1-14-3-5-15(6-4-14)12-19-9-10-21-18-8-7-17(20-2)11-16(18)13-19/h3-8,11H,9-10,12-13H2,1-2H3. The molecule has 0 radical (unpaired) electrons. The van der Waals surface area contributed by atoms with Crippen molar-refractivity contribution in [3.63, 3.8) is 0 Å². The van der Waals surface area contributed by atoms with Gasteiger partial charge in [0.1, 0.15) is 5.75 Å². The van der Waals surface area contributed by atoms with E-state index in [4.69, 9.17) is 4.74 Å². The maximum atomic E-state index is 5.36. The third-order valence-corrected chi connectivity index (χ3v) is 4.95. The first-order valence-corrected chi connectivity index (χ1v) is 8.31. The van der Waals surface area contributed by atoms with Crippen molar-refractivity contribution in [2.45, 2.75) is 24.9 Å². The molecule has 110 valence electrons. The third kappa shape index (κ3) is 3.60. The number of ether oxygens (including phenoxy) is 1. The van der Waals surface area contributed by atoms with Crippen molar-refractivity contribution in [1.29, 1.82) is 0 Å². The van der Waals surface area contributed by atoms with E-state index in [1.54, 1.807) is 7.11 Å². The van der Waals surface area contributed by atoms with E-state index in [9.17, 15) is 0 Å². The Kier molecular flexibility index (Phi) is 4.51. The van der Waals surface area contributed by atoms with Gasteiger partial charge in [0, 0.05) is 30.3 Å². The van der Waals surface area contributed by atoms with E-state index in [0.29, 0.717) is 0 Å². The van der Waals surface area contributed by atoms with Crippen LogP contribution in [0.2, 0.25) is 0 Å². The van der Waals surface area contributed by atoms with Crippen LogP contribution in [-0.2, 0) is 13.1 Å². The van der Waals surface area contributed by atoms with Crippen LogP contribution in [0.4, 0.5) is 0 Å². The van der Waals surface area contributed by atoms with Crippen LogP contribution in [0.3, 0.4) is 0 Å². The number of methoxy groups -OCH3 is 1. The van der Waals surface area contributed by atoms with Crippen LogP contribution in [0.1, 0.15) is 16.7 Å². The number of fused-ring (bicyclic) bond motifs is 1. The third-order valence-electron chi connectivity index (χ3n) is 3.85. The Labute approximate surface area is 131 Å². The molecule has 0 spiro atoms. The maximum absolute atomic E-state index is 5.36. The van der Waals surface area contributed by atoms with Gasteiger partial charge >= 0.3 is 0 Å². The van der Waals surface area contributed by atoms with Crippen molar-refractivity contribution in [3.05, 3.63) is 59.2 Å². The van der Waals surface area contributed by atoms with Crippen molar-refractivity contribution >= 4 is 11.8 Å². The number of rotatable bonds is 3. The van der Waals surface area contributed by atoms with Gasteiger partial charge in [0.05, 0.1) is 7.11 Å². The largest absolute Gasteiger partial charge is 0.497 e. The van der Waals surface area contributed by atoms with E-state index >= 15 is 0 Å². The number of nitrogens with zero attached hydrogens (tertiary/aromatic N) is 1. The summed E-state index contributed by atoms with van der Waals surface area (Å²) in [7, 11) is 1.73. The topological polar surface area (TPSA) is 12.5 Å². The van der Waals surface area contributed by atoms with Gasteiger partial charge in [-0.05, 0) is 36.2 Å². The highest BCUT2D eigenvalue weighted by Crippen LogP contribution is 2.30. The predicted molar refractivity (Wildman–Crippen MR) is 89.0 cm³/mol. The van der Waals surface area contributed by atoms with Crippen molar-refractivity contribution < 1.29 is 4.74 Å². The Morgan fingerprint density at radius 3 is 2.71 bits per heavy atom. The van der Waals surface area contributed by atoms with Crippen LogP contribution in [0.15, 0.2) is 47.4 Å². The molecule has 3 rings (SSSR count). The lowest BCUT2D eigenvalue weighted by molar-refractivity contribution is 0.274. The molecule has 0 bridgehead atoms. The van der Waals surface area contributed by atoms with Gasteiger partial charge in [0.2, 0.25) is 0 Å². The molecule has 3 heteroatoms. The summed E-state index contributed by atoms with van der Waals surface area (Å²) in [6.45, 7) is 5.26. The predicted octanol–water partition coefficient (Wildman–Crippen LogP) is 4.11. The normalized spacial score (nSPS) is 15.3. The van der Waals surface area contributed by atoms with Gasteiger partial charge in [-0.15, -0.1) is 11.8 Å². The minimum Gasteiger partial charge on any atom is -0.497 e. The number of thioether (sulfide) groups is 1. The molecule has 0 saturated carbocycles. The zero-order valence-corrected chi connectivity index (χ0v) is 13.5. The molecule has 0 aromatic heterocycles. The number of aryl methyl sites for hydroxylation is 1. The van der Waals surface area contributed by atoms with E-state index in [2.05, 4.69) is 54.3 Å². The first kappa shape index (κ1) is 14.5. The monoisotopic (exact) mass is 299 g/mol. The molecule has 0 unspecified atom stereocenters. The smallest absolute Gasteiger partial charge is 0.119 e. The fraction of sp³-hybridized carbons (Fsp3) is 0.333. The van der Waals surface area contributed by atoms with E-state index in [0.717, 1.165) is 31.1 Å². The molecular formula is C18H21NOS. The summed E-state index contributed by atoms with van der Waals surface area (Å²) in [4.78, 5) is 3.91. The van der Waals surface area contributed by atoms with Gasteiger partial charge < -0.3 is 4.74 Å². The first-order valence-electron chi connectivity index (χ1n) is 7.32. The molecular weight excluding hydrogens is 278 g/mol. The molecule has 0 fully saturated rings. The molecule has 0 amide bonds. The molecule has 2 aromatic carbocycles. The summed E-state index contributed by atoms with van der Waals surface area (Å²) in [6, 6.07) is 15.3. The van der Waals surface area contributed by atoms with Crippen molar-refractivity contribution in [1.82, 2.24) is 4.90 Å². The Morgan fingerprint density at radius 2 is 1.95 bits per heavy atom. The van der Waals surface area contributed by atoms with Gasteiger partial charge in [-0.1, -0.05) is 29.8 Å². The average Bonchev–Trinajstić information content (AvgIpc) is 2.70. The highest BCUT2D eigenvalue weighted by atomic mass is 32.2. The highest BCUT2D eigenvalue weighted by molar-refractivity contribution is 7.99. The van der Waals surface area contributed by atoms with Crippen LogP contribution < -0.4 is 4.74 Å². The van der Waals surface area contributed by atoms with Crippen LogP contribution >= 0.6 is 11.8 Å². The molecule has 0 N–H and O–H groups in total. The zero-order chi connectivity index (χ0) is 14.7. The van der Waals surface area contributed by atoms with E-state index in [-0.39, 0.29) is 0 Å². The van der Waals surface area contributed by atoms with Crippen molar-refractivity contribution in [2.24, 2.45) is 0 Å². The van der Waals surface area contributed by atoms with E-state index in [1.807, 2.05) is 11.8 Å². The summed E-state index contributed by atoms with van der Waals surface area (Å²) >= 11 is 1.95. The minimum atomic E-state index is 0.950. The fourth-order valence-corrected chi connectivity index (χ4v) is 3.68. The molecule has 1 aliphatic rings. The van der Waals surface area contributed by atoms with E-state index in [1.165, 1.54) is 21.6 Å². The lowest BCUT2D eigenvalue weighted by Crippen LogP contribution is -2.24. The lowest BCUT2D eigenvalue weighted by Gasteiger charge is -2.20. The number of hydrogen-bond donors (Lipinski definition) is 0. The summed E-state index contributed by atoms with van der Waals surface area (Å²) in [5, 5.41) is 0. The van der Waals surface area contributed by atoms with Crippen molar-refractivity contribution in [3.8, 4) is 5.75 Å². The molecule has 0 atom stereocenters. The van der Waals surface area contributed by atoms with Gasteiger partial charge in [0.25, 0.3) is 0 Å². The first-order chi connectivity index (χ1) is 10.2. The molecule has 21 heavy (non-hydrogen) atoms. The zero-order valence-electron chi connectivity index (χ0n) is 12.6. The molecule has 0 saturated heterocycles. The quantitative estimate of drug-likeness (QED) is 0.846. The number of benzene rings is 2. The van der Waals surface area contributed by atoms with Crippen LogP contribution in [0.25, 0.3) is 0 Å². The van der Waals surface area contributed by atoms with Gasteiger partial charge in [-0.25, -0.2) is 0 Å². The Balaban J connectivity index is 1.76. The molecule has 2 nitrogen and oxygen atoms in total. The van der Waals surface area contributed by atoms with Gasteiger partial charge in [0.15, 0.2) is 0 Å². The number of hydrogen-bond acceptors (Lipinski definition) is 3. The van der Waals surface area contributed by atoms with Crippen LogP contribution in [0.5, 0.6) is 5.75 Å². The fourth-order valence-electron chi connectivity index (χ4n) is 2.64. The van der Waals surface area contributed by atoms with Crippen LogP contribution in [0, 0.1) is 6.92 Å². The van der Waals surface area contributed by atoms with Crippen LogP contribution in [-0.4, -0.2) is 24.3 Å². The average molecular weight is 299 g/mol. The second-order valence-corrected chi connectivity index (χ2v) is 6.66. The molecule has 2 aromatic rings. The molecule has 0 aliphatic carbocycles. The lowest BCUT2D eigenvalue weighted by atomic mass is 10.1. The Hall–Kier alpha value is -1.45. The van der Waals surface area contributed by atoms with Gasteiger partial charge in [-0.3, -0.25) is 4.90 Å². The minimum absolute atomic E-state index is 0.950. The summed E-state index contributed by atoms with van der Waals surface area (Å²) in [5.41, 5.74) is 4.08.